The second-order valence-corrected chi connectivity index (χ2v) is 4.31. The highest BCUT2D eigenvalue weighted by Gasteiger charge is 2.16. The zero-order valence-electron chi connectivity index (χ0n) is 10.2. The SMILES string of the molecule is CCN1CCN(CCC(=O)N(C)C)CC1. The van der Waals surface area contributed by atoms with Crippen LogP contribution in [-0.4, -0.2) is 74.0 Å². The molecule has 0 N–H and O–H groups in total. The standard InChI is InChI=1S/C11H23N3O/c1-4-13-7-9-14(10-8-13)6-5-11(15)12(2)3/h4-10H2,1-3H3. The van der Waals surface area contributed by atoms with E-state index < -0.39 is 0 Å². The molecule has 15 heavy (non-hydrogen) atoms. The van der Waals surface area contributed by atoms with E-state index in [2.05, 4.69) is 16.7 Å². The molecule has 0 aromatic heterocycles. The van der Waals surface area contributed by atoms with Crippen LogP contribution in [-0.2, 0) is 4.79 Å². The number of likely N-dealkylation sites (N-methyl/N-ethyl adjacent to an activating group) is 1. The van der Waals surface area contributed by atoms with Crippen molar-refractivity contribution < 1.29 is 4.79 Å². The average molecular weight is 213 g/mol. The molecule has 88 valence electrons. The number of hydrogen-bond acceptors (Lipinski definition) is 3. The molecule has 0 unspecified atom stereocenters. The van der Waals surface area contributed by atoms with Crippen LogP contribution in [0.25, 0.3) is 0 Å². The number of carbonyl (C=O) groups is 1. The van der Waals surface area contributed by atoms with Gasteiger partial charge in [-0.25, -0.2) is 0 Å². The highest BCUT2D eigenvalue weighted by Crippen LogP contribution is 2.02. The fourth-order valence-electron chi connectivity index (χ4n) is 1.81. The van der Waals surface area contributed by atoms with E-state index in [1.54, 1.807) is 4.90 Å². The molecule has 0 spiro atoms. The van der Waals surface area contributed by atoms with E-state index in [9.17, 15) is 4.79 Å². The van der Waals surface area contributed by atoms with E-state index in [4.69, 9.17) is 0 Å². The van der Waals surface area contributed by atoms with Gasteiger partial charge in [0.15, 0.2) is 0 Å². The predicted octanol–water partition coefficient (Wildman–Crippen LogP) is 0.102. The van der Waals surface area contributed by atoms with Crippen LogP contribution in [0, 0.1) is 0 Å². The Morgan fingerprint density at radius 1 is 1.13 bits per heavy atom. The number of carbonyl (C=O) groups excluding carboxylic acids is 1. The topological polar surface area (TPSA) is 26.8 Å². The molecule has 1 saturated heterocycles. The quantitative estimate of drug-likeness (QED) is 0.663. The molecule has 4 heteroatoms. The number of hydrogen-bond donors (Lipinski definition) is 0. The molecule has 4 nitrogen and oxygen atoms in total. The van der Waals surface area contributed by atoms with Crippen molar-refractivity contribution in [1.82, 2.24) is 14.7 Å². The Balaban J connectivity index is 2.16. The summed E-state index contributed by atoms with van der Waals surface area (Å²) in [6, 6.07) is 0. The zero-order valence-corrected chi connectivity index (χ0v) is 10.2. The van der Waals surface area contributed by atoms with Crippen molar-refractivity contribution in [2.45, 2.75) is 13.3 Å². The van der Waals surface area contributed by atoms with Crippen LogP contribution < -0.4 is 0 Å². The summed E-state index contributed by atoms with van der Waals surface area (Å²) in [7, 11) is 3.63. The first-order valence-corrected chi connectivity index (χ1v) is 5.78. The van der Waals surface area contributed by atoms with Gasteiger partial charge in [0, 0.05) is 53.2 Å². The van der Waals surface area contributed by atoms with Crippen LogP contribution in [0.3, 0.4) is 0 Å². The summed E-state index contributed by atoms with van der Waals surface area (Å²) in [6.45, 7) is 8.76. The van der Waals surface area contributed by atoms with Gasteiger partial charge in [0.1, 0.15) is 0 Å². The van der Waals surface area contributed by atoms with E-state index >= 15 is 0 Å². The second-order valence-electron chi connectivity index (χ2n) is 4.31. The molecule has 0 aromatic carbocycles. The summed E-state index contributed by atoms with van der Waals surface area (Å²) in [6.07, 6.45) is 0.652. The van der Waals surface area contributed by atoms with Gasteiger partial charge in [-0.05, 0) is 6.54 Å². The minimum atomic E-state index is 0.230. The van der Waals surface area contributed by atoms with Crippen LogP contribution >= 0.6 is 0 Å². The summed E-state index contributed by atoms with van der Waals surface area (Å²) in [4.78, 5) is 17.9. The van der Waals surface area contributed by atoms with Crippen molar-refractivity contribution in [3.05, 3.63) is 0 Å². The molecule has 1 aliphatic rings. The van der Waals surface area contributed by atoms with Gasteiger partial charge in [0.2, 0.25) is 5.91 Å². The third-order valence-corrected chi connectivity index (χ3v) is 3.05. The summed E-state index contributed by atoms with van der Waals surface area (Å²) in [5.74, 6) is 0.230. The molecular formula is C11H23N3O. The van der Waals surface area contributed by atoms with E-state index in [1.165, 1.54) is 0 Å². The van der Waals surface area contributed by atoms with Gasteiger partial charge >= 0.3 is 0 Å². The van der Waals surface area contributed by atoms with Gasteiger partial charge in [-0.3, -0.25) is 4.79 Å². The van der Waals surface area contributed by atoms with Gasteiger partial charge in [-0.1, -0.05) is 6.92 Å². The minimum absolute atomic E-state index is 0.230. The Morgan fingerprint density at radius 2 is 1.67 bits per heavy atom. The third kappa shape index (κ3) is 4.18. The second kappa shape index (κ2) is 6.08. The Labute approximate surface area is 92.8 Å². The van der Waals surface area contributed by atoms with E-state index in [-0.39, 0.29) is 5.91 Å². The normalized spacial score (nSPS) is 19.1. The lowest BCUT2D eigenvalue weighted by Gasteiger charge is -2.33. The highest BCUT2D eigenvalue weighted by atomic mass is 16.2. The molecule has 0 atom stereocenters. The molecule has 0 radical (unpaired) electrons. The molecule has 1 heterocycles. The van der Waals surface area contributed by atoms with Crippen LogP contribution in [0.5, 0.6) is 0 Å². The Kier molecular flexibility index (Phi) is 5.05. The maximum absolute atomic E-state index is 11.4. The first-order chi connectivity index (χ1) is 7.13. The Morgan fingerprint density at radius 3 is 2.13 bits per heavy atom. The van der Waals surface area contributed by atoms with Crippen LogP contribution in [0.4, 0.5) is 0 Å². The fraction of sp³-hybridized carbons (Fsp3) is 0.909. The van der Waals surface area contributed by atoms with E-state index in [1.807, 2.05) is 14.1 Å². The lowest BCUT2D eigenvalue weighted by atomic mass is 10.3. The van der Waals surface area contributed by atoms with Gasteiger partial charge in [0.25, 0.3) is 0 Å². The average Bonchev–Trinajstić information content (AvgIpc) is 2.26. The molecule has 1 fully saturated rings. The maximum atomic E-state index is 11.4. The predicted molar refractivity (Wildman–Crippen MR) is 61.9 cm³/mol. The number of rotatable bonds is 4. The van der Waals surface area contributed by atoms with Gasteiger partial charge in [0.05, 0.1) is 0 Å². The third-order valence-electron chi connectivity index (χ3n) is 3.05. The largest absolute Gasteiger partial charge is 0.349 e. The molecule has 0 aromatic rings. The summed E-state index contributed by atoms with van der Waals surface area (Å²) < 4.78 is 0. The van der Waals surface area contributed by atoms with Gasteiger partial charge in [-0.15, -0.1) is 0 Å². The lowest BCUT2D eigenvalue weighted by molar-refractivity contribution is -0.129. The van der Waals surface area contributed by atoms with Crippen LogP contribution in [0.2, 0.25) is 0 Å². The minimum Gasteiger partial charge on any atom is -0.349 e. The van der Waals surface area contributed by atoms with Crippen LogP contribution in [0.15, 0.2) is 0 Å². The van der Waals surface area contributed by atoms with E-state index in [0.29, 0.717) is 6.42 Å². The molecule has 0 saturated carbocycles. The Hall–Kier alpha value is -0.610. The Bertz CT molecular complexity index is 198. The fourth-order valence-corrected chi connectivity index (χ4v) is 1.81. The van der Waals surface area contributed by atoms with Gasteiger partial charge in [-0.2, -0.15) is 0 Å². The van der Waals surface area contributed by atoms with Gasteiger partial charge < -0.3 is 14.7 Å². The zero-order chi connectivity index (χ0) is 11.3. The first kappa shape index (κ1) is 12.5. The lowest BCUT2D eigenvalue weighted by Crippen LogP contribution is -2.46. The maximum Gasteiger partial charge on any atom is 0.223 e. The monoisotopic (exact) mass is 213 g/mol. The van der Waals surface area contributed by atoms with Crippen molar-refractivity contribution in [2.75, 3.05) is 53.4 Å². The molecule has 1 amide bonds. The highest BCUT2D eigenvalue weighted by molar-refractivity contribution is 5.75. The smallest absolute Gasteiger partial charge is 0.223 e. The van der Waals surface area contributed by atoms with Crippen molar-refractivity contribution in [2.24, 2.45) is 0 Å². The van der Waals surface area contributed by atoms with E-state index in [0.717, 1.165) is 39.3 Å². The number of amides is 1. The molecule has 0 aliphatic carbocycles. The summed E-state index contributed by atoms with van der Waals surface area (Å²) in [5, 5.41) is 0. The first-order valence-electron chi connectivity index (χ1n) is 5.78. The van der Waals surface area contributed by atoms with Crippen molar-refractivity contribution in [3.8, 4) is 0 Å². The van der Waals surface area contributed by atoms with Crippen LogP contribution in [0.1, 0.15) is 13.3 Å². The number of piperazine rings is 1. The molecule has 1 aliphatic heterocycles. The summed E-state index contributed by atoms with van der Waals surface area (Å²) in [5.41, 5.74) is 0. The van der Waals surface area contributed by atoms with Crippen molar-refractivity contribution in [1.29, 1.82) is 0 Å². The number of nitrogens with zero attached hydrogens (tertiary/aromatic N) is 3. The molecule has 1 rings (SSSR count). The van der Waals surface area contributed by atoms with Crippen molar-refractivity contribution >= 4 is 5.91 Å². The summed E-state index contributed by atoms with van der Waals surface area (Å²) >= 11 is 0. The molecular weight excluding hydrogens is 190 g/mol. The molecule has 0 bridgehead atoms. The van der Waals surface area contributed by atoms with Crippen molar-refractivity contribution in [3.63, 3.8) is 0 Å².